The average Bonchev–Trinajstić information content (AvgIpc) is 2.96. The summed E-state index contributed by atoms with van der Waals surface area (Å²) in [5.41, 5.74) is 2.92. The van der Waals surface area contributed by atoms with Gasteiger partial charge in [-0.15, -0.1) is 0 Å². The smallest absolute Gasteiger partial charge is 0.0366 e. The first kappa shape index (κ1) is 32.4. The Morgan fingerprint density at radius 2 is 1.16 bits per heavy atom. The zero-order valence-electron chi connectivity index (χ0n) is 24.3. The van der Waals surface area contributed by atoms with Crippen molar-refractivity contribution in [2.45, 2.75) is 111 Å². The third-order valence-corrected chi connectivity index (χ3v) is 8.60. The van der Waals surface area contributed by atoms with Gasteiger partial charge in [-0.25, -0.2) is 0 Å². The van der Waals surface area contributed by atoms with Crippen molar-refractivity contribution in [3.05, 3.63) is 66.2 Å². The first-order valence-electron chi connectivity index (χ1n) is 15.8. The van der Waals surface area contributed by atoms with Crippen LogP contribution in [0.2, 0.25) is 0 Å². The zero-order valence-corrected chi connectivity index (χ0v) is 24.3. The second-order valence-corrected chi connectivity index (χ2v) is 11.7. The third-order valence-electron chi connectivity index (χ3n) is 8.60. The number of anilines is 1. The molecule has 2 saturated heterocycles. The Balaban J connectivity index is 0.000000260. The van der Waals surface area contributed by atoms with E-state index < -0.39 is 0 Å². The fraction of sp³-hybridized carbons (Fsp3) is 0.667. The van der Waals surface area contributed by atoms with Crippen LogP contribution in [0.15, 0.2) is 60.7 Å². The second-order valence-electron chi connectivity index (χ2n) is 11.7. The van der Waals surface area contributed by atoms with Gasteiger partial charge in [-0.2, -0.15) is 0 Å². The van der Waals surface area contributed by atoms with Gasteiger partial charge in [0.05, 0.1) is 0 Å². The molecule has 0 aliphatic carbocycles. The number of para-hydroxylation sites is 1. The van der Waals surface area contributed by atoms with E-state index in [4.69, 9.17) is 0 Å². The molecule has 2 fully saturated rings. The molecular weight excluding hydrogens is 460 g/mol. The summed E-state index contributed by atoms with van der Waals surface area (Å²) >= 11 is 0. The van der Waals surface area contributed by atoms with Gasteiger partial charge in [0.25, 0.3) is 0 Å². The molecule has 0 radical (unpaired) electrons. The number of unbranched alkanes of at least 4 members (excludes halogenated alkanes) is 6. The molecule has 0 saturated carbocycles. The first-order valence-corrected chi connectivity index (χ1v) is 15.8. The fourth-order valence-electron chi connectivity index (χ4n) is 6.10. The van der Waals surface area contributed by atoms with Crippen molar-refractivity contribution in [1.29, 1.82) is 0 Å². The molecule has 2 aromatic rings. The molecule has 2 heterocycles. The minimum atomic E-state index is 0. The van der Waals surface area contributed by atoms with Gasteiger partial charge in [0, 0.05) is 18.8 Å². The molecule has 0 N–H and O–H groups in total. The van der Waals surface area contributed by atoms with E-state index in [0.717, 1.165) is 11.8 Å². The molecule has 38 heavy (non-hydrogen) atoms. The molecular formula is C36H60N2. The number of benzene rings is 2. The van der Waals surface area contributed by atoms with Crippen molar-refractivity contribution in [1.82, 2.24) is 4.90 Å². The van der Waals surface area contributed by atoms with Crippen molar-refractivity contribution in [2.75, 3.05) is 37.6 Å². The van der Waals surface area contributed by atoms with Crippen molar-refractivity contribution in [2.24, 2.45) is 11.8 Å². The highest BCUT2D eigenvalue weighted by Crippen LogP contribution is 2.26. The molecule has 2 heteroatoms. The lowest BCUT2D eigenvalue weighted by Crippen LogP contribution is -2.35. The minimum absolute atomic E-state index is 0. The fourth-order valence-corrected chi connectivity index (χ4v) is 6.10. The summed E-state index contributed by atoms with van der Waals surface area (Å²) in [4.78, 5) is 5.22. The van der Waals surface area contributed by atoms with Crippen LogP contribution in [-0.4, -0.2) is 37.6 Å². The van der Waals surface area contributed by atoms with Gasteiger partial charge in [-0.1, -0.05) is 121 Å². The largest absolute Gasteiger partial charge is 0.372 e. The summed E-state index contributed by atoms with van der Waals surface area (Å²) in [6, 6.07) is 21.9. The molecule has 2 nitrogen and oxygen atoms in total. The van der Waals surface area contributed by atoms with E-state index in [9.17, 15) is 0 Å². The highest BCUT2D eigenvalue weighted by molar-refractivity contribution is 5.46. The maximum absolute atomic E-state index is 2.68. The van der Waals surface area contributed by atoms with Crippen LogP contribution in [0, 0.1) is 11.8 Å². The van der Waals surface area contributed by atoms with Gasteiger partial charge in [0.15, 0.2) is 0 Å². The predicted molar refractivity (Wildman–Crippen MR) is 170 cm³/mol. The molecule has 0 aromatic heterocycles. The van der Waals surface area contributed by atoms with Crippen LogP contribution in [0.1, 0.15) is 110 Å². The van der Waals surface area contributed by atoms with Crippen LogP contribution in [-0.2, 0) is 6.42 Å². The second kappa shape index (κ2) is 20.2. The maximum Gasteiger partial charge on any atom is 0.0366 e. The van der Waals surface area contributed by atoms with Crippen LogP contribution in [0.5, 0.6) is 0 Å². The molecule has 2 aliphatic heterocycles. The Morgan fingerprint density at radius 1 is 0.605 bits per heavy atom. The van der Waals surface area contributed by atoms with E-state index in [2.05, 4.69) is 84.3 Å². The monoisotopic (exact) mass is 520 g/mol. The lowest BCUT2D eigenvalue weighted by molar-refractivity contribution is 0.181. The lowest BCUT2D eigenvalue weighted by Gasteiger charge is -2.33. The molecule has 2 aliphatic rings. The number of hydrogen-bond acceptors (Lipinski definition) is 2. The minimum Gasteiger partial charge on any atom is -0.372 e. The molecule has 0 bridgehead atoms. The van der Waals surface area contributed by atoms with Crippen molar-refractivity contribution >= 4 is 5.69 Å². The SMILES string of the molecule is C.CCCCCCC1CCN(c2ccccc2)CC1.CCCCCCN1CCC(Cc2ccccc2)CC1. The van der Waals surface area contributed by atoms with E-state index in [1.165, 1.54) is 134 Å². The molecule has 0 spiro atoms. The van der Waals surface area contributed by atoms with Crippen LogP contribution >= 0.6 is 0 Å². The van der Waals surface area contributed by atoms with Gasteiger partial charge >= 0.3 is 0 Å². The van der Waals surface area contributed by atoms with E-state index in [1.54, 1.807) is 0 Å². The Bertz CT molecular complexity index is 774. The van der Waals surface area contributed by atoms with Crippen molar-refractivity contribution < 1.29 is 0 Å². The van der Waals surface area contributed by atoms with Crippen molar-refractivity contribution in [3.63, 3.8) is 0 Å². The summed E-state index contributed by atoms with van der Waals surface area (Å²) in [6.07, 6.45) is 19.5. The number of likely N-dealkylation sites (tertiary alicyclic amines) is 1. The third kappa shape index (κ3) is 12.8. The van der Waals surface area contributed by atoms with Crippen LogP contribution in [0.25, 0.3) is 0 Å². The van der Waals surface area contributed by atoms with E-state index in [0.29, 0.717) is 0 Å². The van der Waals surface area contributed by atoms with Crippen LogP contribution < -0.4 is 4.90 Å². The van der Waals surface area contributed by atoms with E-state index >= 15 is 0 Å². The maximum atomic E-state index is 2.68. The lowest BCUT2D eigenvalue weighted by atomic mass is 9.90. The Labute approximate surface area is 237 Å². The van der Waals surface area contributed by atoms with Gasteiger partial charge in [-0.05, 0) is 87.7 Å². The molecule has 0 atom stereocenters. The van der Waals surface area contributed by atoms with Crippen LogP contribution in [0.3, 0.4) is 0 Å². The van der Waals surface area contributed by atoms with Crippen LogP contribution in [0.4, 0.5) is 5.69 Å². The quantitative estimate of drug-likeness (QED) is 0.242. The molecule has 2 aromatic carbocycles. The highest BCUT2D eigenvalue weighted by atomic mass is 15.1. The first-order chi connectivity index (χ1) is 18.3. The van der Waals surface area contributed by atoms with Gasteiger partial charge in [0.1, 0.15) is 0 Å². The van der Waals surface area contributed by atoms with E-state index in [1.807, 2.05) is 0 Å². The van der Waals surface area contributed by atoms with Crippen molar-refractivity contribution in [3.8, 4) is 0 Å². The number of nitrogens with zero attached hydrogens (tertiary/aromatic N) is 2. The molecule has 214 valence electrons. The van der Waals surface area contributed by atoms with Gasteiger partial charge in [-0.3, -0.25) is 0 Å². The number of hydrogen-bond donors (Lipinski definition) is 0. The van der Waals surface area contributed by atoms with Gasteiger partial charge in [0.2, 0.25) is 0 Å². The normalized spacial score (nSPS) is 16.9. The average molecular weight is 521 g/mol. The highest BCUT2D eigenvalue weighted by Gasteiger charge is 2.19. The Kier molecular flexibility index (Phi) is 17.2. The summed E-state index contributed by atoms with van der Waals surface area (Å²) in [7, 11) is 0. The standard InChI is InChI=1S/C18H29N.C17H27N.CH4/c1-2-3-4-8-13-19-14-11-18(12-15-19)16-17-9-6-5-7-10-17;1-2-3-4-6-9-16-12-14-18(15-13-16)17-10-7-5-8-11-17;/h5-7,9-10,18H,2-4,8,11-16H2,1H3;5,7-8,10-11,16H,2-4,6,9,12-15H2,1H3;1H4. The Hall–Kier alpha value is -1.80. The summed E-state index contributed by atoms with van der Waals surface area (Å²) in [6.45, 7) is 11.1. The topological polar surface area (TPSA) is 6.48 Å². The Morgan fingerprint density at radius 3 is 1.76 bits per heavy atom. The molecule has 4 rings (SSSR count). The predicted octanol–water partition coefficient (Wildman–Crippen LogP) is 10.0. The van der Waals surface area contributed by atoms with E-state index in [-0.39, 0.29) is 7.43 Å². The molecule has 0 amide bonds. The summed E-state index contributed by atoms with van der Waals surface area (Å²) in [5.74, 6) is 1.90. The zero-order chi connectivity index (χ0) is 26.0. The number of rotatable bonds is 13. The molecule has 0 unspecified atom stereocenters. The summed E-state index contributed by atoms with van der Waals surface area (Å²) < 4.78 is 0. The number of piperidine rings is 2. The summed E-state index contributed by atoms with van der Waals surface area (Å²) in [5, 5.41) is 0. The van der Waals surface area contributed by atoms with Gasteiger partial charge < -0.3 is 9.80 Å².